The second-order valence-corrected chi connectivity index (χ2v) is 7.15. The summed E-state index contributed by atoms with van der Waals surface area (Å²) in [7, 11) is 0. The number of esters is 1. The second kappa shape index (κ2) is 7.87. The molecule has 1 saturated carbocycles. The molecule has 1 fully saturated rings. The van der Waals surface area contributed by atoms with Crippen LogP contribution in [0.3, 0.4) is 0 Å². The minimum Gasteiger partial charge on any atom is -0.460 e. The molecule has 0 bridgehead atoms. The van der Waals surface area contributed by atoms with Crippen molar-refractivity contribution in [2.45, 2.75) is 26.9 Å². The molecule has 0 spiro atoms. The van der Waals surface area contributed by atoms with Gasteiger partial charge in [-0.15, -0.1) is 0 Å². The van der Waals surface area contributed by atoms with Crippen LogP contribution in [0.4, 0.5) is 17.6 Å². The molecule has 1 aliphatic carbocycles. The summed E-state index contributed by atoms with van der Waals surface area (Å²) >= 11 is 5.63. The van der Waals surface area contributed by atoms with Gasteiger partial charge >= 0.3 is 5.97 Å². The van der Waals surface area contributed by atoms with Crippen LogP contribution in [-0.4, -0.2) is 17.7 Å². The van der Waals surface area contributed by atoms with Crippen molar-refractivity contribution in [2.24, 2.45) is 17.3 Å². The number of hydrogen-bond donors (Lipinski definition) is 1. The van der Waals surface area contributed by atoms with Crippen molar-refractivity contribution in [1.29, 1.82) is 5.26 Å². The number of nitrogens with zero attached hydrogens (tertiary/aromatic N) is 1. The Labute approximate surface area is 158 Å². The van der Waals surface area contributed by atoms with E-state index in [0.29, 0.717) is 0 Å². The van der Waals surface area contributed by atoms with Crippen LogP contribution in [0.1, 0.15) is 25.0 Å². The van der Waals surface area contributed by atoms with Crippen LogP contribution in [0, 0.1) is 51.9 Å². The van der Waals surface area contributed by atoms with Crippen molar-refractivity contribution in [3.8, 4) is 6.07 Å². The van der Waals surface area contributed by atoms with Gasteiger partial charge in [0.1, 0.15) is 17.7 Å². The van der Waals surface area contributed by atoms with Crippen LogP contribution in [0.25, 0.3) is 0 Å². The molecule has 2 rings (SSSR count). The standard InChI is InChI=1S/C18H16ClF4NO3/c1-18(2)11(5-8(19)6-24)12(18)17(26)27-7-10-15(22)13(20)9(3-4-25)14(21)16(10)23/h5,11-12,25H,3-4,7H2,1-2H3/b8-5+/t11-,12+/m1/s1. The molecule has 0 amide bonds. The lowest BCUT2D eigenvalue weighted by molar-refractivity contribution is -0.147. The van der Waals surface area contributed by atoms with Gasteiger partial charge in [0.2, 0.25) is 0 Å². The van der Waals surface area contributed by atoms with E-state index < -0.39 is 77.3 Å². The fourth-order valence-electron chi connectivity index (χ4n) is 3.05. The SMILES string of the molecule is CC1(C)[C@H](/C=C(/Cl)C#N)[C@H]1C(=O)OCc1c(F)c(F)c(CCO)c(F)c1F. The first-order valence-corrected chi connectivity index (χ1v) is 8.34. The van der Waals surface area contributed by atoms with Gasteiger partial charge in [0.25, 0.3) is 0 Å². The number of carbonyl (C=O) groups is 1. The lowest BCUT2D eigenvalue weighted by Gasteiger charge is -2.12. The van der Waals surface area contributed by atoms with E-state index in [4.69, 9.17) is 26.7 Å². The van der Waals surface area contributed by atoms with Crippen molar-refractivity contribution in [3.05, 3.63) is 45.5 Å². The topological polar surface area (TPSA) is 70.3 Å². The molecule has 4 nitrogen and oxygen atoms in total. The number of aliphatic hydroxyl groups excluding tert-OH is 1. The van der Waals surface area contributed by atoms with E-state index in [0.717, 1.165) is 0 Å². The van der Waals surface area contributed by atoms with Gasteiger partial charge in [0.05, 0.1) is 11.5 Å². The first-order chi connectivity index (χ1) is 12.6. The Hall–Kier alpha value is -2.11. The summed E-state index contributed by atoms with van der Waals surface area (Å²) in [5, 5.41) is 17.3. The molecule has 9 heteroatoms. The van der Waals surface area contributed by atoms with Gasteiger partial charge in [-0.25, -0.2) is 17.6 Å². The van der Waals surface area contributed by atoms with Crippen molar-refractivity contribution < 1.29 is 32.2 Å². The Bertz CT molecular complexity index is 819. The molecule has 1 aromatic rings. The number of aliphatic hydroxyl groups is 1. The molecule has 1 aliphatic rings. The summed E-state index contributed by atoms with van der Waals surface area (Å²) in [6, 6.07) is 1.71. The Kier molecular flexibility index (Phi) is 6.17. The first-order valence-electron chi connectivity index (χ1n) is 7.96. The van der Waals surface area contributed by atoms with Gasteiger partial charge < -0.3 is 9.84 Å². The third kappa shape index (κ3) is 3.94. The zero-order chi connectivity index (χ0) is 20.5. The number of hydrogen-bond acceptors (Lipinski definition) is 4. The molecular formula is C18H16ClF4NO3. The van der Waals surface area contributed by atoms with Crippen LogP contribution in [-0.2, 0) is 22.6 Å². The maximum atomic E-state index is 14.0. The summed E-state index contributed by atoms with van der Waals surface area (Å²) in [6.45, 7) is 1.73. The average molecular weight is 406 g/mol. The minimum atomic E-state index is -1.68. The predicted octanol–water partition coefficient (Wildman–Crippen LogP) is 3.74. The van der Waals surface area contributed by atoms with E-state index >= 15 is 0 Å². The highest BCUT2D eigenvalue weighted by Gasteiger charge is 2.61. The average Bonchev–Trinajstić information content (AvgIpc) is 3.16. The van der Waals surface area contributed by atoms with E-state index in [2.05, 4.69) is 0 Å². The van der Waals surface area contributed by atoms with E-state index in [9.17, 15) is 22.4 Å². The number of ether oxygens (including phenoxy) is 1. The Morgan fingerprint density at radius 2 is 1.74 bits per heavy atom. The third-order valence-electron chi connectivity index (χ3n) is 4.76. The molecule has 1 N–H and O–H groups in total. The number of benzene rings is 1. The fraction of sp³-hybridized carbons (Fsp3) is 0.444. The molecule has 0 saturated heterocycles. The molecule has 27 heavy (non-hydrogen) atoms. The molecule has 0 aliphatic heterocycles. The molecule has 0 heterocycles. The first kappa shape index (κ1) is 21.2. The van der Waals surface area contributed by atoms with Crippen molar-refractivity contribution in [1.82, 2.24) is 0 Å². The minimum absolute atomic E-state index is 0.107. The molecule has 1 aromatic carbocycles. The van der Waals surface area contributed by atoms with Crippen molar-refractivity contribution in [2.75, 3.05) is 6.61 Å². The van der Waals surface area contributed by atoms with Gasteiger partial charge in [-0.2, -0.15) is 5.26 Å². The molecular weight excluding hydrogens is 390 g/mol. The number of carbonyl (C=O) groups excluding carboxylic acids is 1. The molecule has 146 valence electrons. The lowest BCUT2D eigenvalue weighted by Crippen LogP contribution is -2.15. The van der Waals surface area contributed by atoms with Crippen molar-refractivity contribution >= 4 is 17.6 Å². The van der Waals surface area contributed by atoms with Crippen LogP contribution in [0.15, 0.2) is 11.1 Å². The maximum absolute atomic E-state index is 14.0. The van der Waals surface area contributed by atoms with Gasteiger partial charge in [-0.05, 0) is 11.3 Å². The lowest BCUT2D eigenvalue weighted by atomic mass is 10.1. The molecule has 0 unspecified atom stereocenters. The Morgan fingerprint density at radius 1 is 1.22 bits per heavy atom. The summed E-state index contributed by atoms with van der Waals surface area (Å²) < 4.78 is 60.6. The largest absolute Gasteiger partial charge is 0.460 e. The van der Waals surface area contributed by atoms with Crippen LogP contribution < -0.4 is 0 Å². The summed E-state index contributed by atoms with van der Waals surface area (Å²) in [5.74, 6) is -8.58. The normalized spacial score (nSPS) is 20.9. The summed E-state index contributed by atoms with van der Waals surface area (Å²) in [6.07, 6.45) is 0.785. The van der Waals surface area contributed by atoms with Crippen LogP contribution in [0.5, 0.6) is 0 Å². The summed E-state index contributed by atoms with van der Waals surface area (Å²) in [5.41, 5.74) is -2.56. The summed E-state index contributed by atoms with van der Waals surface area (Å²) in [4.78, 5) is 12.2. The number of nitriles is 1. The van der Waals surface area contributed by atoms with Gasteiger partial charge in [0, 0.05) is 18.6 Å². The molecule has 0 radical (unpaired) electrons. The zero-order valence-electron chi connectivity index (χ0n) is 14.5. The smallest absolute Gasteiger partial charge is 0.310 e. The maximum Gasteiger partial charge on any atom is 0.310 e. The van der Waals surface area contributed by atoms with E-state index in [1.54, 1.807) is 19.9 Å². The predicted molar refractivity (Wildman–Crippen MR) is 87.2 cm³/mol. The molecule has 2 atom stereocenters. The molecule has 0 aromatic heterocycles. The Morgan fingerprint density at radius 3 is 2.22 bits per heavy atom. The number of allylic oxidation sites excluding steroid dienone is 2. The van der Waals surface area contributed by atoms with E-state index in [1.807, 2.05) is 0 Å². The Balaban J connectivity index is 2.18. The number of halogens is 5. The second-order valence-electron chi connectivity index (χ2n) is 6.75. The van der Waals surface area contributed by atoms with Gasteiger partial charge in [-0.1, -0.05) is 31.5 Å². The number of rotatable bonds is 6. The highest BCUT2D eigenvalue weighted by atomic mass is 35.5. The zero-order valence-corrected chi connectivity index (χ0v) is 15.2. The van der Waals surface area contributed by atoms with Gasteiger partial charge in [-0.3, -0.25) is 4.79 Å². The van der Waals surface area contributed by atoms with Crippen molar-refractivity contribution in [3.63, 3.8) is 0 Å². The monoisotopic (exact) mass is 405 g/mol. The fourth-order valence-corrected chi connectivity index (χ4v) is 3.18. The van der Waals surface area contributed by atoms with Crippen LogP contribution >= 0.6 is 11.6 Å². The van der Waals surface area contributed by atoms with E-state index in [1.165, 1.54) is 6.08 Å². The van der Waals surface area contributed by atoms with Gasteiger partial charge in [0.15, 0.2) is 23.3 Å². The highest BCUT2D eigenvalue weighted by molar-refractivity contribution is 6.31. The highest BCUT2D eigenvalue weighted by Crippen LogP contribution is 2.60. The third-order valence-corrected chi connectivity index (χ3v) is 4.97. The van der Waals surface area contributed by atoms with E-state index in [-0.39, 0.29) is 5.03 Å². The van der Waals surface area contributed by atoms with Crippen LogP contribution in [0.2, 0.25) is 0 Å². The quantitative estimate of drug-likeness (QED) is 0.339.